The maximum absolute atomic E-state index is 9.10. The van der Waals surface area contributed by atoms with Crippen LogP contribution in [0.2, 0.25) is 0 Å². The van der Waals surface area contributed by atoms with Crippen molar-refractivity contribution in [3.05, 3.63) is 54.5 Å². The number of pyridine rings is 2. The molecule has 2 aromatic rings. The molecule has 0 aromatic carbocycles. The quantitative estimate of drug-likeness (QED) is 0.564. The molecule has 7 nitrogen and oxygen atoms in total. The molecule has 2 rings (SSSR count). The summed E-state index contributed by atoms with van der Waals surface area (Å²) in [7, 11) is 0. The zero-order valence-electron chi connectivity index (χ0n) is 10.6. The summed E-state index contributed by atoms with van der Waals surface area (Å²) in [5.74, 6) is -2.92. The molecule has 0 spiro atoms. The van der Waals surface area contributed by atoms with Gasteiger partial charge in [0.15, 0.2) is 0 Å². The van der Waals surface area contributed by atoms with Crippen LogP contribution < -0.4 is 5.32 Å². The molecule has 0 saturated heterocycles. The van der Waals surface area contributed by atoms with Gasteiger partial charge in [0.1, 0.15) is 10.8 Å². The van der Waals surface area contributed by atoms with Gasteiger partial charge in [-0.05, 0) is 24.3 Å². The van der Waals surface area contributed by atoms with Gasteiger partial charge in [-0.15, -0.1) is 0 Å². The lowest BCUT2D eigenvalue weighted by Gasteiger charge is -2.05. The molecule has 0 radical (unpaired) electrons. The van der Waals surface area contributed by atoms with E-state index in [9.17, 15) is 0 Å². The summed E-state index contributed by atoms with van der Waals surface area (Å²) in [5.41, 5.74) is 0.748. The zero-order valence-corrected chi connectivity index (χ0v) is 11.4. The summed E-state index contributed by atoms with van der Waals surface area (Å²) in [4.78, 5) is 27.0. The first-order chi connectivity index (χ1) is 10.0. The molecule has 0 unspecified atom stereocenters. The van der Waals surface area contributed by atoms with Crippen LogP contribution >= 0.6 is 12.2 Å². The van der Waals surface area contributed by atoms with Gasteiger partial charge in [0.2, 0.25) is 0 Å². The molecule has 0 saturated carbocycles. The first kappa shape index (κ1) is 16.2. The van der Waals surface area contributed by atoms with Crippen LogP contribution in [0.3, 0.4) is 0 Å². The summed E-state index contributed by atoms with van der Waals surface area (Å²) >= 11 is 5.19. The minimum absolute atomic E-state index is 0.578. The van der Waals surface area contributed by atoms with Gasteiger partial charge in [-0.1, -0.05) is 24.4 Å². The van der Waals surface area contributed by atoms with Gasteiger partial charge in [-0.3, -0.25) is 4.98 Å². The third kappa shape index (κ3) is 6.21. The number of nitrogens with one attached hydrogen (secondary N) is 1. The van der Waals surface area contributed by atoms with Crippen LogP contribution in [-0.4, -0.2) is 37.1 Å². The normalized spacial score (nSPS) is 8.95. The maximum Gasteiger partial charge on any atom is 0.414 e. The van der Waals surface area contributed by atoms with Crippen LogP contribution in [0, 0.1) is 0 Å². The SMILES string of the molecule is O=C(O)C(=O)O.S=C(Nc1ccccn1)c1ccccn1. The van der Waals surface area contributed by atoms with Crippen LogP contribution in [-0.2, 0) is 9.59 Å². The van der Waals surface area contributed by atoms with Gasteiger partial charge in [0, 0.05) is 12.4 Å². The Morgan fingerprint density at radius 3 is 1.95 bits per heavy atom. The number of anilines is 1. The second-order valence-electron chi connectivity index (χ2n) is 3.49. The predicted octanol–water partition coefficient (Wildman–Crippen LogP) is 1.42. The summed E-state index contributed by atoms with van der Waals surface area (Å²) in [6, 6.07) is 11.2. The highest BCUT2D eigenvalue weighted by molar-refractivity contribution is 7.81. The molecule has 3 N–H and O–H groups in total. The number of aliphatic carboxylic acids is 2. The number of carboxylic acids is 2. The Morgan fingerprint density at radius 1 is 0.952 bits per heavy atom. The van der Waals surface area contributed by atoms with Crippen molar-refractivity contribution in [3.63, 3.8) is 0 Å². The second-order valence-corrected chi connectivity index (χ2v) is 3.90. The zero-order chi connectivity index (χ0) is 15.7. The second kappa shape index (κ2) is 8.33. The van der Waals surface area contributed by atoms with Crippen molar-refractivity contribution in [2.24, 2.45) is 0 Å². The van der Waals surface area contributed by atoms with E-state index in [0.29, 0.717) is 4.99 Å². The third-order valence-corrected chi connectivity index (χ3v) is 2.30. The van der Waals surface area contributed by atoms with Crippen LogP contribution in [0.1, 0.15) is 5.69 Å². The molecule has 0 bridgehead atoms. The predicted molar refractivity (Wildman–Crippen MR) is 79.1 cm³/mol. The van der Waals surface area contributed by atoms with Gasteiger partial charge in [0.05, 0.1) is 5.69 Å². The van der Waals surface area contributed by atoms with E-state index in [-0.39, 0.29) is 0 Å². The van der Waals surface area contributed by atoms with E-state index in [1.165, 1.54) is 0 Å². The topological polar surface area (TPSA) is 112 Å². The number of carboxylic acid groups (broad SMARTS) is 2. The number of aromatic nitrogens is 2. The fraction of sp³-hybridized carbons (Fsp3) is 0. The summed E-state index contributed by atoms with van der Waals surface area (Å²) in [6.07, 6.45) is 3.42. The van der Waals surface area contributed by atoms with Gasteiger partial charge in [0.25, 0.3) is 0 Å². The summed E-state index contributed by atoms with van der Waals surface area (Å²) in [6.45, 7) is 0. The van der Waals surface area contributed by atoms with E-state index in [1.807, 2.05) is 36.4 Å². The van der Waals surface area contributed by atoms with Crippen molar-refractivity contribution >= 4 is 35.0 Å². The maximum atomic E-state index is 9.10. The monoisotopic (exact) mass is 305 g/mol. The number of carbonyl (C=O) groups is 2. The molecule has 0 aliphatic heterocycles. The van der Waals surface area contributed by atoms with E-state index in [1.54, 1.807) is 12.4 Å². The van der Waals surface area contributed by atoms with Crippen molar-refractivity contribution in [2.45, 2.75) is 0 Å². The van der Waals surface area contributed by atoms with E-state index < -0.39 is 11.9 Å². The Labute approximate surface area is 125 Å². The van der Waals surface area contributed by atoms with Gasteiger partial charge in [-0.25, -0.2) is 14.6 Å². The fourth-order valence-electron chi connectivity index (χ4n) is 1.11. The van der Waals surface area contributed by atoms with Crippen LogP contribution in [0.4, 0.5) is 5.82 Å². The lowest BCUT2D eigenvalue weighted by molar-refractivity contribution is -0.159. The number of rotatable bonds is 2. The number of thiocarbonyl (C=S) groups is 1. The van der Waals surface area contributed by atoms with Crippen LogP contribution in [0.5, 0.6) is 0 Å². The van der Waals surface area contributed by atoms with Crippen molar-refractivity contribution in [1.29, 1.82) is 0 Å². The van der Waals surface area contributed by atoms with Crippen molar-refractivity contribution in [2.75, 3.05) is 5.32 Å². The first-order valence-corrected chi connectivity index (χ1v) is 6.01. The van der Waals surface area contributed by atoms with Gasteiger partial charge in [-0.2, -0.15) is 0 Å². The average Bonchev–Trinajstić information content (AvgIpc) is 2.49. The average molecular weight is 305 g/mol. The Bertz CT molecular complexity index is 608. The van der Waals surface area contributed by atoms with E-state index >= 15 is 0 Å². The molecular formula is C13H11N3O4S. The highest BCUT2D eigenvalue weighted by Gasteiger charge is 2.04. The molecule has 108 valence electrons. The number of hydrogen-bond donors (Lipinski definition) is 3. The Hall–Kier alpha value is -2.87. The largest absolute Gasteiger partial charge is 0.473 e. The molecule has 8 heteroatoms. The Balaban J connectivity index is 0.000000315. The van der Waals surface area contributed by atoms with Crippen LogP contribution in [0.25, 0.3) is 0 Å². The van der Waals surface area contributed by atoms with E-state index in [2.05, 4.69) is 15.3 Å². The molecule has 0 aliphatic rings. The summed E-state index contributed by atoms with van der Waals surface area (Å²) < 4.78 is 0. The Kier molecular flexibility index (Phi) is 6.42. The van der Waals surface area contributed by atoms with Crippen molar-refractivity contribution in [1.82, 2.24) is 9.97 Å². The molecule has 0 atom stereocenters. The molecule has 2 heterocycles. The number of hydrogen-bond acceptors (Lipinski definition) is 5. The molecule has 21 heavy (non-hydrogen) atoms. The van der Waals surface area contributed by atoms with Gasteiger partial charge >= 0.3 is 11.9 Å². The third-order valence-electron chi connectivity index (χ3n) is 1.99. The van der Waals surface area contributed by atoms with E-state index in [0.717, 1.165) is 11.5 Å². The molecule has 2 aromatic heterocycles. The fourth-order valence-corrected chi connectivity index (χ4v) is 1.34. The highest BCUT2D eigenvalue weighted by Crippen LogP contribution is 2.04. The molecule has 0 amide bonds. The lowest BCUT2D eigenvalue weighted by atomic mass is 10.3. The number of nitrogens with zero attached hydrogens (tertiary/aromatic N) is 2. The minimum atomic E-state index is -1.82. The first-order valence-electron chi connectivity index (χ1n) is 5.60. The van der Waals surface area contributed by atoms with Crippen LogP contribution in [0.15, 0.2) is 48.8 Å². The van der Waals surface area contributed by atoms with Crippen molar-refractivity contribution < 1.29 is 19.8 Å². The molecular weight excluding hydrogens is 294 g/mol. The Morgan fingerprint density at radius 2 is 1.52 bits per heavy atom. The van der Waals surface area contributed by atoms with E-state index in [4.69, 9.17) is 32.0 Å². The smallest absolute Gasteiger partial charge is 0.414 e. The minimum Gasteiger partial charge on any atom is -0.473 e. The molecule has 0 fully saturated rings. The van der Waals surface area contributed by atoms with Gasteiger partial charge < -0.3 is 15.5 Å². The summed E-state index contributed by atoms with van der Waals surface area (Å²) in [5, 5.41) is 17.8. The standard InChI is InChI=1S/C11H9N3S.C2H2O4/c15-11(9-5-1-3-7-12-9)14-10-6-2-4-8-13-10;3-1(4)2(5)6/h1-8H,(H,13,14,15);(H,3,4)(H,5,6). The molecule has 0 aliphatic carbocycles. The lowest BCUT2D eigenvalue weighted by Crippen LogP contribution is -2.12. The highest BCUT2D eigenvalue weighted by atomic mass is 32.1. The van der Waals surface area contributed by atoms with Crippen molar-refractivity contribution in [3.8, 4) is 0 Å².